The number of thiophene rings is 1. The molecule has 4 rings (SSSR count). The molecule has 0 spiro atoms. The van der Waals surface area contributed by atoms with Crippen LogP contribution < -0.4 is 10.9 Å². The fourth-order valence-corrected chi connectivity index (χ4v) is 4.92. The van der Waals surface area contributed by atoms with E-state index in [1.165, 1.54) is 23.1 Å². The van der Waals surface area contributed by atoms with Gasteiger partial charge < -0.3 is 10.1 Å². The van der Waals surface area contributed by atoms with Crippen molar-refractivity contribution in [2.75, 3.05) is 18.9 Å². The average Bonchev–Trinajstić information content (AvgIpc) is 3.39. The molecule has 3 heterocycles. The van der Waals surface area contributed by atoms with E-state index >= 15 is 0 Å². The third-order valence-corrected chi connectivity index (χ3v) is 6.99. The number of ether oxygens (including phenoxy) is 1. The Hall–Kier alpha value is -1.87. The number of aromatic nitrogens is 2. The lowest BCUT2D eigenvalue weighted by molar-refractivity contribution is -0.119. The number of benzene rings is 1. The van der Waals surface area contributed by atoms with Gasteiger partial charge in [-0.2, -0.15) is 0 Å². The Kier molecular flexibility index (Phi) is 6.24. The highest BCUT2D eigenvalue weighted by Gasteiger charge is 2.18. The molecule has 152 valence electrons. The summed E-state index contributed by atoms with van der Waals surface area (Å²) in [4.78, 5) is 30.1. The summed E-state index contributed by atoms with van der Waals surface area (Å²) in [7, 11) is 0. The summed E-state index contributed by atoms with van der Waals surface area (Å²) in [5, 5.41) is 5.86. The molecule has 1 fully saturated rings. The lowest BCUT2D eigenvalue weighted by Gasteiger charge is -2.14. The summed E-state index contributed by atoms with van der Waals surface area (Å²) in [5.41, 5.74) is 2.05. The second-order valence-electron chi connectivity index (χ2n) is 6.83. The summed E-state index contributed by atoms with van der Waals surface area (Å²) in [6, 6.07) is 7.23. The summed E-state index contributed by atoms with van der Waals surface area (Å²) in [5.74, 6) is 0.0606. The maximum atomic E-state index is 13.1. The summed E-state index contributed by atoms with van der Waals surface area (Å²) in [6.45, 7) is 3.16. The van der Waals surface area contributed by atoms with Crippen molar-refractivity contribution in [2.45, 2.75) is 31.0 Å². The van der Waals surface area contributed by atoms with Crippen LogP contribution in [0, 0.1) is 6.92 Å². The van der Waals surface area contributed by atoms with Crippen molar-refractivity contribution in [3.05, 3.63) is 50.6 Å². The van der Waals surface area contributed by atoms with Crippen LogP contribution in [0.25, 0.3) is 15.9 Å². The van der Waals surface area contributed by atoms with Crippen LogP contribution in [0.1, 0.15) is 18.4 Å². The van der Waals surface area contributed by atoms with Gasteiger partial charge >= 0.3 is 0 Å². The van der Waals surface area contributed by atoms with E-state index in [0.717, 1.165) is 25.0 Å². The summed E-state index contributed by atoms with van der Waals surface area (Å²) < 4.78 is 7.67. The molecular weight excluding hydrogens is 430 g/mol. The molecular formula is C20H20ClN3O3S2. The fraction of sp³-hybridized carbons (Fsp3) is 0.350. The number of carbonyl (C=O) groups is 1. The van der Waals surface area contributed by atoms with E-state index < -0.39 is 0 Å². The van der Waals surface area contributed by atoms with E-state index in [4.69, 9.17) is 16.3 Å². The molecule has 0 radical (unpaired) electrons. The first kappa shape index (κ1) is 20.4. The number of nitrogens with one attached hydrogen (secondary N) is 1. The van der Waals surface area contributed by atoms with Gasteiger partial charge in [0.25, 0.3) is 5.56 Å². The van der Waals surface area contributed by atoms with Crippen LogP contribution in [0.2, 0.25) is 5.02 Å². The molecule has 1 unspecified atom stereocenters. The minimum Gasteiger partial charge on any atom is -0.376 e. The van der Waals surface area contributed by atoms with Gasteiger partial charge in [0.1, 0.15) is 4.70 Å². The van der Waals surface area contributed by atoms with E-state index in [9.17, 15) is 9.59 Å². The van der Waals surface area contributed by atoms with E-state index in [1.807, 2.05) is 24.4 Å². The van der Waals surface area contributed by atoms with Crippen molar-refractivity contribution in [3.8, 4) is 5.69 Å². The quantitative estimate of drug-likeness (QED) is 0.457. The van der Waals surface area contributed by atoms with Crippen LogP contribution in [0.5, 0.6) is 0 Å². The number of carbonyl (C=O) groups excluding carboxylic acids is 1. The summed E-state index contributed by atoms with van der Waals surface area (Å²) in [6.07, 6.45) is 2.10. The van der Waals surface area contributed by atoms with Gasteiger partial charge in [-0.25, -0.2) is 4.98 Å². The van der Waals surface area contributed by atoms with Crippen LogP contribution in [0.3, 0.4) is 0 Å². The molecule has 1 N–H and O–H groups in total. The highest BCUT2D eigenvalue weighted by Crippen LogP contribution is 2.25. The normalized spacial score (nSPS) is 16.4. The number of halogens is 1. The Labute approximate surface area is 181 Å². The van der Waals surface area contributed by atoms with E-state index in [1.54, 1.807) is 16.7 Å². The molecule has 6 nitrogen and oxygen atoms in total. The van der Waals surface area contributed by atoms with Gasteiger partial charge in [0, 0.05) is 18.2 Å². The molecule has 1 saturated heterocycles. The molecule has 9 heteroatoms. The maximum Gasteiger partial charge on any atom is 0.276 e. The SMILES string of the molecule is Cc1cc(-n2c(SCC(=O)NCC3CCCO3)nc3ccsc3c2=O)ccc1Cl. The molecule has 29 heavy (non-hydrogen) atoms. The average molecular weight is 450 g/mol. The van der Waals surface area contributed by atoms with Gasteiger partial charge in [-0.3, -0.25) is 14.2 Å². The molecule has 0 aliphatic carbocycles. The minimum absolute atomic E-state index is 0.0967. The number of fused-ring (bicyclic) bond motifs is 1. The van der Waals surface area contributed by atoms with Crippen molar-refractivity contribution < 1.29 is 9.53 Å². The smallest absolute Gasteiger partial charge is 0.276 e. The molecule has 2 aromatic heterocycles. The van der Waals surface area contributed by atoms with Gasteiger partial charge in [-0.1, -0.05) is 23.4 Å². The highest BCUT2D eigenvalue weighted by atomic mass is 35.5. The molecule has 1 atom stereocenters. The molecule has 3 aromatic rings. The molecule has 1 amide bonds. The highest BCUT2D eigenvalue weighted by molar-refractivity contribution is 7.99. The van der Waals surface area contributed by atoms with Crippen molar-refractivity contribution in [1.82, 2.24) is 14.9 Å². The van der Waals surface area contributed by atoms with Gasteiger partial charge in [0.2, 0.25) is 5.91 Å². The monoisotopic (exact) mass is 449 g/mol. The van der Waals surface area contributed by atoms with Crippen molar-refractivity contribution in [1.29, 1.82) is 0 Å². The number of aryl methyl sites for hydroxylation is 1. The second kappa shape index (κ2) is 8.87. The standard InChI is InChI=1S/C20H20ClN3O3S2/c1-12-9-13(4-5-15(12)21)24-19(26)18-16(6-8-28-18)23-20(24)29-11-17(25)22-10-14-3-2-7-27-14/h4-6,8-9,14H,2-3,7,10-11H2,1H3,(H,22,25). The Morgan fingerprint density at radius 2 is 2.31 bits per heavy atom. The Bertz CT molecular complexity index is 1110. The molecule has 0 saturated carbocycles. The molecule has 0 bridgehead atoms. The molecule has 1 aromatic carbocycles. The summed E-state index contributed by atoms with van der Waals surface area (Å²) >= 11 is 8.75. The minimum atomic E-state index is -0.144. The number of nitrogens with zero attached hydrogens (tertiary/aromatic N) is 2. The lowest BCUT2D eigenvalue weighted by atomic mass is 10.2. The molecule has 1 aliphatic heterocycles. The number of hydrogen-bond donors (Lipinski definition) is 1. The second-order valence-corrected chi connectivity index (χ2v) is 9.10. The fourth-order valence-electron chi connectivity index (χ4n) is 3.20. The Morgan fingerprint density at radius 3 is 3.07 bits per heavy atom. The van der Waals surface area contributed by atoms with Crippen molar-refractivity contribution in [2.24, 2.45) is 0 Å². The Morgan fingerprint density at radius 1 is 1.45 bits per heavy atom. The number of hydrogen-bond acceptors (Lipinski definition) is 6. The predicted molar refractivity (Wildman–Crippen MR) is 118 cm³/mol. The van der Waals surface area contributed by atoms with Crippen LogP contribution in [0.15, 0.2) is 39.6 Å². The van der Waals surface area contributed by atoms with E-state index in [2.05, 4.69) is 10.3 Å². The van der Waals surface area contributed by atoms with Gasteiger partial charge in [0.15, 0.2) is 5.16 Å². The number of thioether (sulfide) groups is 1. The van der Waals surface area contributed by atoms with E-state index in [-0.39, 0.29) is 23.3 Å². The predicted octanol–water partition coefficient (Wildman–Crippen LogP) is 3.80. The van der Waals surface area contributed by atoms with Crippen molar-refractivity contribution >= 4 is 50.8 Å². The Balaban J connectivity index is 1.59. The van der Waals surface area contributed by atoms with Crippen molar-refractivity contribution in [3.63, 3.8) is 0 Å². The van der Waals surface area contributed by atoms with Crippen LogP contribution in [0.4, 0.5) is 0 Å². The first-order valence-electron chi connectivity index (χ1n) is 9.31. The van der Waals surface area contributed by atoms with Gasteiger partial charge in [-0.05, 0) is 55.0 Å². The van der Waals surface area contributed by atoms with Gasteiger partial charge in [-0.15, -0.1) is 11.3 Å². The number of amides is 1. The van der Waals surface area contributed by atoms with E-state index in [0.29, 0.717) is 32.6 Å². The largest absolute Gasteiger partial charge is 0.376 e. The third-order valence-electron chi connectivity index (χ3n) is 4.73. The zero-order valence-electron chi connectivity index (χ0n) is 15.8. The zero-order valence-corrected chi connectivity index (χ0v) is 18.2. The lowest BCUT2D eigenvalue weighted by Crippen LogP contribution is -2.33. The number of rotatable bonds is 6. The first-order chi connectivity index (χ1) is 14.0. The van der Waals surface area contributed by atoms with Crippen LogP contribution in [-0.4, -0.2) is 40.5 Å². The van der Waals surface area contributed by atoms with Crippen LogP contribution >= 0.6 is 34.7 Å². The first-order valence-corrected chi connectivity index (χ1v) is 11.5. The third kappa shape index (κ3) is 4.50. The molecule has 1 aliphatic rings. The topological polar surface area (TPSA) is 73.2 Å². The maximum absolute atomic E-state index is 13.1. The van der Waals surface area contributed by atoms with Crippen LogP contribution in [-0.2, 0) is 9.53 Å². The van der Waals surface area contributed by atoms with Gasteiger partial charge in [0.05, 0.1) is 23.1 Å². The zero-order chi connectivity index (χ0) is 20.4.